The molecule has 9 heteroatoms. The lowest BCUT2D eigenvalue weighted by Gasteiger charge is -2.28. The summed E-state index contributed by atoms with van der Waals surface area (Å²) in [5.41, 5.74) is 5.68. The van der Waals surface area contributed by atoms with Crippen molar-refractivity contribution in [1.29, 1.82) is 0 Å². The second kappa shape index (κ2) is 7.98. The van der Waals surface area contributed by atoms with Crippen LogP contribution < -0.4 is 16.0 Å². The summed E-state index contributed by atoms with van der Waals surface area (Å²) in [4.78, 5) is 20.7. The van der Waals surface area contributed by atoms with Gasteiger partial charge >= 0.3 is 0 Å². The maximum absolute atomic E-state index is 12.5. The number of rotatable bonds is 4. The second-order valence-corrected chi connectivity index (χ2v) is 7.86. The van der Waals surface area contributed by atoms with Crippen LogP contribution in [0.2, 0.25) is 0 Å². The van der Waals surface area contributed by atoms with E-state index in [9.17, 15) is 4.79 Å². The van der Waals surface area contributed by atoms with Crippen molar-refractivity contribution >= 4 is 68.1 Å². The number of nitrogens with zero attached hydrogens (tertiary/aromatic N) is 2. The Morgan fingerprint density at radius 1 is 1.35 bits per heavy atom. The van der Waals surface area contributed by atoms with Gasteiger partial charge in [0.1, 0.15) is 4.83 Å². The Morgan fingerprint density at radius 3 is 2.52 bits per heavy atom. The van der Waals surface area contributed by atoms with Crippen molar-refractivity contribution < 1.29 is 4.79 Å². The van der Waals surface area contributed by atoms with Crippen LogP contribution >= 0.6 is 47.5 Å². The van der Waals surface area contributed by atoms with Crippen LogP contribution in [0.1, 0.15) is 35.4 Å². The molecule has 0 spiro atoms. The van der Waals surface area contributed by atoms with Gasteiger partial charge in [0.15, 0.2) is 5.13 Å². The summed E-state index contributed by atoms with van der Waals surface area (Å²) >= 11 is 3.07. The maximum atomic E-state index is 12.5. The molecule has 0 bridgehead atoms. The molecule has 3 N–H and O–H groups in total. The molecule has 0 saturated heterocycles. The van der Waals surface area contributed by atoms with Crippen LogP contribution in [0.5, 0.6) is 0 Å². The number of aromatic nitrogens is 1. The molecule has 0 aliphatic heterocycles. The highest BCUT2D eigenvalue weighted by atomic mass is 35.5. The van der Waals surface area contributed by atoms with E-state index in [2.05, 4.69) is 10.3 Å². The van der Waals surface area contributed by atoms with Crippen molar-refractivity contribution in [3.63, 3.8) is 0 Å². The van der Waals surface area contributed by atoms with Crippen LogP contribution in [0.4, 0.5) is 5.13 Å². The summed E-state index contributed by atoms with van der Waals surface area (Å²) in [6.07, 6.45) is 4.26. The molecule has 0 aromatic carbocycles. The minimum absolute atomic E-state index is 0. The van der Waals surface area contributed by atoms with E-state index in [0.717, 1.165) is 45.2 Å². The number of hydrogen-bond acceptors (Lipinski definition) is 6. The normalized spacial score (nSPS) is 15.8. The fourth-order valence-electron chi connectivity index (χ4n) is 2.76. The van der Waals surface area contributed by atoms with Crippen LogP contribution in [0.15, 0.2) is 6.07 Å². The van der Waals surface area contributed by atoms with E-state index >= 15 is 0 Å². The predicted octanol–water partition coefficient (Wildman–Crippen LogP) is 3.27. The van der Waals surface area contributed by atoms with E-state index in [1.807, 2.05) is 25.1 Å². The first-order chi connectivity index (χ1) is 10.0. The zero-order valence-electron chi connectivity index (χ0n) is 13.1. The highest BCUT2D eigenvalue weighted by Crippen LogP contribution is 2.35. The molecule has 0 atom stereocenters. The molecular formula is C14H22Cl2N4OS2. The summed E-state index contributed by atoms with van der Waals surface area (Å²) in [5.74, 6) is -0.0102. The molecule has 0 radical (unpaired) electrons. The van der Waals surface area contributed by atoms with Crippen molar-refractivity contribution in [3.05, 3.63) is 10.9 Å². The van der Waals surface area contributed by atoms with E-state index in [1.54, 1.807) is 11.3 Å². The SMILES string of the molecule is CN(C)c1nc2sc(C(=O)NC3(CN)CCCC3)cc2s1.Cl.Cl. The number of carbonyl (C=O) groups is 1. The molecule has 3 rings (SSSR count). The van der Waals surface area contributed by atoms with Crippen LogP contribution in [0, 0.1) is 0 Å². The monoisotopic (exact) mass is 396 g/mol. The topological polar surface area (TPSA) is 71.2 Å². The van der Waals surface area contributed by atoms with Crippen molar-refractivity contribution in [2.45, 2.75) is 31.2 Å². The molecule has 1 aliphatic carbocycles. The molecule has 1 aliphatic rings. The summed E-state index contributed by atoms with van der Waals surface area (Å²) in [6, 6.07) is 1.94. The molecule has 5 nitrogen and oxygen atoms in total. The average Bonchev–Trinajstić information content (AvgIpc) is 3.12. The van der Waals surface area contributed by atoms with Crippen molar-refractivity contribution in [3.8, 4) is 0 Å². The van der Waals surface area contributed by atoms with Crippen molar-refractivity contribution in [2.75, 3.05) is 25.5 Å². The third-order valence-corrected chi connectivity index (χ3v) is 6.34. The summed E-state index contributed by atoms with van der Waals surface area (Å²) in [7, 11) is 3.95. The molecule has 0 unspecified atom stereocenters. The van der Waals surface area contributed by atoms with Gasteiger partial charge in [-0.25, -0.2) is 4.98 Å². The third kappa shape index (κ3) is 4.09. The van der Waals surface area contributed by atoms with Gasteiger partial charge in [-0.1, -0.05) is 24.2 Å². The van der Waals surface area contributed by atoms with Gasteiger partial charge in [-0.2, -0.15) is 0 Å². The molecule has 1 amide bonds. The quantitative estimate of drug-likeness (QED) is 0.831. The number of fused-ring (bicyclic) bond motifs is 1. The summed E-state index contributed by atoms with van der Waals surface area (Å²) in [6.45, 7) is 0.515. The Bertz CT molecular complexity index is 633. The third-order valence-electron chi connectivity index (χ3n) is 4.01. The molecule has 23 heavy (non-hydrogen) atoms. The standard InChI is InChI=1S/C14H20N4OS2.2ClH/c1-18(2)13-16-12-10(21-13)7-9(20-12)11(19)17-14(8-15)5-3-4-6-14;;/h7H,3-6,8,15H2,1-2H3,(H,17,19);2*1H. The lowest BCUT2D eigenvalue weighted by molar-refractivity contribution is 0.0907. The fraction of sp³-hybridized carbons (Fsp3) is 0.571. The lowest BCUT2D eigenvalue weighted by atomic mass is 9.98. The maximum Gasteiger partial charge on any atom is 0.261 e. The Hall–Kier alpha value is -0.600. The zero-order valence-corrected chi connectivity index (χ0v) is 16.4. The van der Waals surface area contributed by atoms with E-state index in [-0.39, 0.29) is 36.3 Å². The van der Waals surface area contributed by atoms with Gasteiger partial charge in [-0.15, -0.1) is 36.2 Å². The zero-order chi connectivity index (χ0) is 15.0. The van der Waals surface area contributed by atoms with E-state index < -0.39 is 0 Å². The summed E-state index contributed by atoms with van der Waals surface area (Å²) in [5, 5.41) is 4.13. The Balaban J connectivity index is 0.00000132. The number of anilines is 1. The first kappa shape index (κ1) is 20.4. The highest BCUT2D eigenvalue weighted by Gasteiger charge is 2.34. The Morgan fingerprint density at radius 2 is 2.00 bits per heavy atom. The Kier molecular flexibility index (Phi) is 7.10. The van der Waals surface area contributed by atoms with Gasteiger partial charge in [-0.05, 0) is 18.9 Å². The molecule has 130 valence electrons. The van der Waals surface area contributed by atoms with Gasteiger partial charge in [0.25, 0.3) is 5.91 Å². The number of thiophene rings is 1. The van der Waals surface area contributed by atoms with Gasteiger partial charge in [0.05, 0.1) is 15.1 Å². The number of thiazole rings is 1. The highest BCUT2D eigenvalue weighted by molar-refractivity contribution is 7.29. The minimum atomic E-state index is -0.198. The van der Waals surface area contributed by atoms with E-state index in [0.29, 0.717) is 6.54 Å². The second-order valence-electron chi connectivity index (χ2n) is 5.82. The number of hydrogen-bond donors (Lipinski definition) is 2. The smallest absolute Gasteiger partial charge is 0.261 e. The largest absolute Gasteiger partial charge is 0.354 e. The number of halogens is 2. The van der Waals surface area contributed by atoms with Crippen LogP contribution in [-0.4, -0.2) is 37.1 Å². The van der Waals surface area contributed by atoms with Crippen molar-refractivity contribution in [1.82, 2.24) is 10.3 Å². The van der Waals surface area contributed by atoms with Gasteiger partial charge in [0.2, 0.25) is 0 Å². The van der Waals surface area contributed by atoms with Crippen LogP contribution in [-0.2, 0) is 0 Å². The molecule has 2 heterocycles. The molecule has 2 aromatic heterocycles. The van der Waals surface area contributed by atoms with Gasteiger partial charge in [0, 0.05) is 20.6 Å². The van der Waals surface area contributed by atoms with Gasteiger partial charge in [-0.3, -0.25) is 4.79 Å². The average molecular weight is 397 g/mol. The fourth-order valence-corrected chi connectivity index (χ4v) is 4.79. The predicted molar refractivity (Wildman–Crippen MR) is 104 cm³/mol. The first-order valence-corrected chi connectivity index (χ1v) is 8.77. The number of amides is 1. The van der Waals surface area contributed by atoms with Crippen LogP contribution in [0.25, 0.3) is 9.53 Å². The number of carbonyl (C=O) groups excluding carboxylic acids is 1. The van der Waals surface area contributed by atoms with Crippen LogP contribution in [0.3, 0.4) is 0 Å². The molecule has 2 aromatic rings. The minimum Gasteiger partial charge on any atom is -0.354 e. The van der Waals surface area contributed by atoms with E-state index in [1.165, 1.54) is 11.3 Å². The Labute approximate surface area is 156 Å². The molecule has 1 fully saturated rings. The number of nitrogens with two attached hydrogens (primary N) is 1. The molecular weight excluding hydrogens is 375 g/mol. The molecule has 1 saturated carbocycles. The van der Waals surface area contributed by atoms with Gasteiger partial charge < -0.3 is 16.0 Å². The number of nitrogens with one attached hydrogen (secondary N) is 1. The first-order valence-electron chi connectivity index (χ1n) is 7.13. The lowest BCUT2D eigenvalue weighted by Crippen LogP contribution is -2.51. The van der Waals surface area contributed by atoms with E-state index in [4.69, 9.17) is 5.73 Å². The summed E-state index contributed by atoms with van der Waals surface area (Å²) < 4.78 is 1.07. The van der Waals surface area contributed by atoms with Crippen molar-refractivity contribution in [2.24, 2.45) is 5.73 Å².